The van der Waals surface area contributed by atoms with Gasteiger partial charge in [-0.1, -0.05) is 54.6 Å². The number of likely N-dealkylation sites (tertiary alicyclic amines) is 1. The van der Waals surface area contributed by atoms with E-state index in [9.17, 15) is 19.5 Å². The maximum Gasteiger partial charge on any atom is 0.251 e. The highest BCUT2D eigenvalue weighted by molar-refractivity contribution is 8.02. The van der Waals surface area contributed by atoms with Gasteiger partial charge in [-0.2, -0.15) is 0 Å². The van der Waals surface area contributed by atoms with Crippen molar-refractivity contribution in [1.29, 1.82) is 0 Å². The first kappa shape index (κ1) is 31.1. The summed E-state index contributed by atoms with van der Waals surface area (Å²) in [5.41, 5.74) is 3.86. The maximum atomic E-state index is 14.8. The largest absolute Gasteiger partial charge is 0.396 e. The first-order valence-electron chi connectivity index (χ1n) is 15.3. The van der Waals surface area contributed by atoms with Gasteiger partial charge in [-0.25, -0.2) is 0 Å². The Morgan fingerprint density at radius 1 is 1.07 bits per heavy atom. The van der Waals surface area contributed by atoms with Gasteiger partial charge in [0.05, 0.1) is 16.6 Å². The predicted octanol–water partition coefficient (Wildman–Crippen LogP) is 4.90. The van der Waals surface area contributed by atoms with Gasteiger partial charge in [0.15, 0.2) is 0 Å². The number of aliphatic hydroxyl groups is 1. The molecule has 5 rings (SSSR count). The number of fused-ring (bicyclic) bond motifs is 1. The van der Waals surface area contributed by atoms with Gasteiger partial charge >= 0.3 is 0 Å². The van der Waals surface area contributed by atoms with Crippen molar-refractivity contribution in [3.05, 3.63) is 90.5 Å². The van der Waals surface area contributed by atoms with E-state index in [4.69, 9.17) is 0 Å². The summed E-state index contributed by atoms with van der Waals surface area (Å²) in [6, 6.07) is 15.2. The number of hydrogen-bond donors (Lipinski definition) is 1. The van der Waals surface area contributed by atoms with Crippen LogP contribution in [0.1, 0.15) is 42.4 Å². The molecule has 3 aliphatic heterocycles. The van der Waals surface area contributed by atoms with Crippen molar-refractivity contribution in [2.75, 3.05) is 31.1 Å². The standard InChI is InChI=1S/C35H43N3O4S/c1-5-18-36(23-26-12-8-7-9-13-26)32(40)29-28-16-17-35(43-28)30(29)33(41)38(20-10-11-21-39)31(35)34(42)37(19-6-2)27-22-24(3)14-15-25(27)4/h5-9,12-15,22,28-31,39H,1-2,10-11,16-21,23H2,3-4H3/t28-,29+,30+,31?,35?/m1/s1. The Morgan fingerprint density at radius 3 is 2.51 bits per heavy atom. The van der Waals surface area contributed by atoms with E-state index in [0.717, 1.165) is 28.8 Å². The van der Waals surface area contributed by atoms with Crippen molar-refractivity contribution >= 4 is 35.2 Å². The lowest BCUT2D eigenvalue weighted by molar-refractivity contribution is -0.144. The van der Waals surface area contributed by atoms with Crippen LogP contribution in [0, 0.1) is 25.7 Å². The fraction of sp³-hybridized carbons (Fsp3) is 0.457. The zero-order chi connectivity index (χ0) is 30.7. The van der Waals surface area contributed by atoms with Crippen LogP contribution >= 0.6 is 11.8 Å². The normalized spacial score (nSPS) is 25.5. The van der Waals surface area contributed by atoms with Crippen molar-refractivity contribution in [2.45, 2.75) is 62.1 Å². The third kappa shape index (κ3) is 5.67. The van der Waals surface area contributed by atoms with Gasteiger partial charge in [0.2, 0.25) is 11.8 Å². The number of thioether (sulfide) groups is 1. The van der Waals surface area contributed by atoms with E-state index in [1.165, 1.54) is 0 Å². The van der Waals surface area contributed by atoms with Crippen LogP contribution in [0.4, 0.5) is 5.69 Å². The summed E-state index contributed by atoms with van der Waals surface area (Å²) < 4.78 is -0.678. The van der Waals surface area contributed by atoms with Gasteiger partial charge < -0.3 is 19.8 Å². The summed E-state index contributed by atoms with van der Waals surface area (Å²) >= 11 is 1.69. The smallest absolute Gasteiger partial charge is 0.251 e. The van der Waals surface area contributed by atoms with Crippen LogP contribution in [0.25, 0.3) is 0 Å². The molecular formula is C35H43N3O4S. The van der Waals surface area contributed by atoms with Crippen molar-refractivity contribution < 1.29 is 19.5 Å². The average Bonchev–Trinajstić information content (AvgIpc) is 3.64. The molecule has 3 amide bonds. The second kappa shape index (κ2) is 13.1. The van der Waals surface area contributed by atoms with Crippen molar-refractivity contribution in [3.8, 4) is 0 Å². The first-order valence-corrected chi connectivity index (χ1v) is 16.2. The monoisotopic (exact) mass is 601 g/mol. The number of aliphatic hydroxyl groups excluding tert-OH is 1. The van der Waals surface area contributed by atoms with Gasteiger partial charge in [0.1, 0.15) is 6.04 Å². The minimum Gasteiger partial charge on any atom is -0.396 e. The van der Waals surface area contributed by atoms with Gasteiger partial charge in [-0.3, -0.25) is 14.4 Å². The molecule has 3 fully saturated rings. The molecule has 2 aromatic rings. The Kier molecular flexibility index (Phi) is 9.47. The van der Waals surface area contributed by atoms with Crippen LogP contribution in [0.15, 0.2) is 73.8 Å². The number of carbonyl (C=O) groups excluding carboxylic acids is 3. The summed E-state index contributed by atoms with van der Waals surface area (Å²) in [6.07, 6.45) is 6.09. The molecular weight excluding hydrogens is 558 g/mol. The average molecular weight is 602 g/mol. The Morgan fingerprint density at radius 2 is 1.81 bits per heavy atom. The molecule has 0 aliphatic carbocycles. The number of carbonyl (C=O) groups is 3. The number of benzene rings is 2. The summed E-state index contributed by atoms with van der Waals surface area (Å²) in [4.78, 5) is 48.9. The van der Waals surface area contributed by atoms with Crippen LogP contribution in [-0.2, 0) is 20.9 Å². The molecule has 5 atom stereocenters. The van der Waals surface area contributed by atoms with Gasteiger partial charge in [0.25, 0.3) is 5.91 Å². The first-order chi connectivity index (χ1) is 20.8. The SMILES string of the molecule is C=CCN(Cc1ccccc1)C(=O)[C@@H]1[C@H]2C(=O)N(CCCCO)C(C(=O)N(CC=C)c3cc(C)ccc3C)C23CC[C@H]1S3. The number of aryl methyl sites for hydroxylation is 2. The van der Waals surface area contributed by atoms with Gasteiger partial charge in [-0.15, -0.1) is 24.9 Å². The second-order valence-corrected chi connectivity index (χ2v) is 13.6. The fourth-order valence-electron chi connectivity index (χ4n) is 7.35. The lowest BCUT2D eigenvalue weighted by atomic mass is 9.70. The number of unbranched alkanes of at least 4 members (excludes halogenated alkanes) is 1. The molecule has 0 radical (unpaired) electrons. The van der Waals surface area contributed by atoms with Crippen molar-refractivity contribution in [1.82, 2.24) is 9.80 Å². The summed E-state index contributed by atoms with van der Waals surface area (Å²) in [6.45, 7) is 13.4. The maximum absolute atomic E-state index is 14.8. The Hall–Kier alpha value is -3.36. The topological polar surface area (TPSA) is 81.2 Å². The van der Waals surface area contributed by atoms with E-state index in [1.807, 2.05) is 62.4 Å². The number of rotatable bonds is 13. The zero-order valence-corrected chi connectivity index (χ0v) is 26.1. The van der Waals surface area contributed by atoms with Crippen molar-refractivity contribution in [2.24, 2.45) is 11.8 Å². The number of nitrogens with zero attached hydrogens (tertiary/aromatic N) is 3. The van der Waals surface area contributed by atoms with Crippen LogP contribution in [-0.4, -0.2) is 74.9 Å². The Balaban J connectivity index is 1.53. The highest BCUT2D eigenvalue weighted by Crippen LogP contribution is 2.66. The van der Waals surface area contributed by atoms with Crippen LogP contribution in [0.3, 0.4) is 0 Å². The fourth-order valence-corrected chi connectivity index (χ4v) is 9.55. The van der Waals surface area contributed by atoms with E-state index < -0.39 is 22.6 Å². The summed E-state index contributed by atoms with van der Waals surface area (Å²) in [5, 5.41) is 9.48. The molecule has 1 N–H and O–H groups in total. The minimum absolute atomic E-state index is 0.0204. The molecule has 3 heterocycles. The second-order valence-electron chi connectivity index (χ2n) is 12.0. The number of anilines is 1. The molecule has 3 saturated heterocycles. The third-order valence-electron chi connectivity index (χ3n) is 9.24. The van der Waals surface area contributed by atoms with Crippen LogP contribution in [0.5, 0.6) is 0 Å². The molecule has 228 valence electrons. The molecule has 1 spiro atoms. The number of hydrogen-bond acceptors (Lipinski definition) is 5. The molecule has 2 aromatic carbocycles. The van der Waals surface area contributed by atoms with Crippen molar-refractivity contribution in [3.63, 3.8) is 0 Å². The highest BCUT2D eigenvalue weighted by atomic mass is 32.2. The summed E-state index contributed by atoms with van der Waals surface area (Å²) in [7, 11) is 0. The molecule has 7 nitrogen and oxygen atoms in total. The highest BCUT2D eigenvalue weighted by Gasteiger charge is 2.74. The lowest BCUT2D eigenvalue weighted by Gasteiger charge is -2.38. The Bertz CT molecular complexity index is 1380. The zero-order valence-electron chi connectivity index (χ0n) is 25.3. The number of amides is 3. The van der Waals surface area contributed by atoms with Gasteiger partial charge in [0, 0.05) is 43.7 Å². The third-order valence-corrected chi connectivity index (χ3v) is 11.2. The van der Waals surface area contributed by atoms with Crippen LogP contribution < -0.4 is 4.90 Å². The molecule has 0 aromatic heterocycles. The van der Waals surface area contributed by atoms with E-state index in [2.05, 4.69) is 13.2 Å². The molecule has 3 aliphatic rings. The van der Waals surface area contributed by atoms with E-state index in [-0.39, 0.29) is 29.6 Å². The summed E-state index contributed by atoms with van der Waals surface area (Å²) in [5.74, 6) is -1.34. The minimum atomic E-state index is -0.696. The molecule has 0 saturated carbocycles. The predicted molar refractivity (Wildman–Crippen MR) is 173 cm³/mol. The van der Waals surface area contributed by atoms with E-state index in [0.29, 0.717) is 45.4 Å². The van der Waals surface area contributed by atoms with E-state index in [1.54, 1.807) is 38.6 Å². The molecule has 43 heavy (non-hydrogen) atoms. The molecule has 2 unspecified atom stereocenters. The lowest BCUT2D eigenvalue weighted by Crippen LogP contribution is -2.55. The van der Waals surface area contributed by atoms with Crippen LogP contribution in [0.2, 0.25) is 0 Å². The van der Waals surface area contributed by atoms with E-state index >= 15 is 0 Å². The quantitative estimate of drug-likeness (QED) is 0.261. The molecule has 2 bridgehead atoms. The Labute approximate surface area is 259 Å². The molecule has 8 heteroatoms. The van der Waals surface area contributed by atoms with Gasteiger partial charge in [-0.05, 0) is 62.3 Å².